The molecule has 1 amide bonds. The third-order valence-electron chi connectivity index (χ3n) is 0.964. The Balaban J connectivity index is 3.32. The maximum absolute atomic E-state index is 10.3. The number of hydrogen-bond donors (Lipinski definition) is 0. The standard InChI is InChI=1S/C5H10NO2/c1-5(8)6(2)3-4-7/h3-4H2,1-2H3. The smallest absolute Gasteiger partial charge is 0.219 e. The van der Waals surface area contributed by atoms with Crippen LogP contribution in [0.3, 0.4) is 0 Å². The number of hydrogen-bond acceptors (Lipinski definition) is 1. The summed E-state index contributed by atoms with van der Waals surface area (Å²) >= 11 is 0. The number of rotatable bonds is 2. The number of carbonyl (C=O) groups excluding carboxylic acids is 1. The molecule has 3 heteroatoms. The van der Waals surface area contributed by atoms with Gasteiger partial charge in [0.2, 0.25) is 5.91 Å². The zero-order valence-electron chi connectivity index (χ0n) is 5.18. The van der Waals surface area contributed by atoms with Gasteiger partial charge in [-0.1, -0.05) is 0 Å². The highest BCUT2D eigenvalue weighted by molar-refractivity contribution is 5.72. The first-order chi connectivity index (χ1) is 3.68. The molecule has 47 valence electrons. The second-order valence-electron chi connectivity index (χ2n) is 1.64. The lowest BCUT2D eigenvalue weighted by atomic mass is 10.5. The Hall–Kier alpha value is -0.570. The number of likely N-dealkylation sites (N-methyl/N-ethyl adjacent to an activating group) is 1. The van der Waals surface area contributed by atoms with Gasteiger partial charge in [-0.15, -0.1) is 0 Å². The maximum Gasteiger partial charge on any atom is 0.219 e. The Labute approximate surface area is 48.9 Å². The van der Waals surface area contributed by atoms with Gasteiger partial charge in [-0.2, -0.15) is 0 Å². The van der Waals surface area contributed by atoms with Crippen molar-refractivity contribution in [2.45, 2.75) is 6.92 Å². The quantitative estimate of drug-likeness (QED) is 0.496. The van der Waals surface area contributed by atoms with Crippen LogP contribution < -0.4 is 0 Å². The van der Waals surface area contributed by atoms with Crippen molar-refractivity contribution >= 4 is 5.91 Å². The molecule has 0 atom stereocenters. The molecular weight excluding hydrogens is 106 g/mol. The highest BCUT2D eigenvalue weighted by Crippen LogP contribution is 1.79. The van der Waals surface area contributed by atoms with E-state index in [9.17, 15) is 9.90 Å². The molecule has 0 N–H and O–H groups in total. The minimum atomic E-state index is -0.212. The van der Waals surface area contributed by atoms with E-state index in [1.54, 1.807) is 7.05 Å². The zero-order valence-corrected chi connectivity index (χ0v) is 5.18. The van der Waals surface area contributed by atoms with Crippen LogP contribution in [0.15, 0.2) is 0 Å². The van der Waals surface area contributed by atoms with Gasteiger partial charge in [0, 0.05) is 20.5 Å². The summed E-state index contributed by atoms with van der Waals surface area (Å²) in [6.45, 7) is 1.54. The van der Waals surface area contributed by atoms with Gasteiger partial charge in [0.1, 0.15) is 0 Å². The van der Waals surface area contributed by atoms with Crippen molar-refractivity contribution < 1.29 is 9.90 Å². The van der Waals surface area contributed by atoms with Crippen molar-refractivity contribution in [3.05, 3.63) is 0 Å². The van der Waals surface area contributed by atoms with E-state index < -0.39 is 0 Å². The number of nitrogens with zero attached hydrogens (tertiary/aromatic N) is 1. The second-order valence-corrected chi connectivity index (χ2v) is 1.64. The topological polar surface area (TPSA) is 40.2 Å². The molecule has 0 fully saturated rings. The van der Waals surface area contributed by atoms with E-state index in [0.29, 0.717) is 6.54 Å². The van der Waals surface area contributed by atoms with E-state index in [0.717, 1.165) is 0 Å². The van der Waals surface area contributed by atoms with Crippen LogP contribution in [0.5, 0.6) is 0 Å². The van der Waals surface area contributed by atoms with Crippen molar-refractivity contribution in [1.29, 1.82) is 0 Å². The Bertz CT molecular complexity index is 82.5. The molecular formula is C5H10NO2. The molecule has 0 bridgehead atoms. The van der Waals surface area contributed by atoms with Crippen molar-refractivity contribution in [3.63, 3.8) is 0 Å². The molecule has 0 aromatic rings. The molecule has 0 aromatic carbocycles. The monoisotopic (exact) mass is 116 g/mol. The molecule has 8 heavy (non-hydrogen) atoms. The minimum absolute atomic E-state index is 0.0548. The molecule has 1 radical (unpaired) electrons. The lowest BCUT2D eigenvalue weighted by Crippen LogP contribution is -2.26. The van der Waals surface area contributed by atoms with Gasteiger partial charge in [-0.25, -0.2) is 5.11 Å². The maximum atomic E-state index is 10.3. The fraction of sp³-hybridized carbons (Fsp3) is 0.800. The third kappa shape index (κ3) is 2.58. The SMILES string of the molecule is CC(=O)N(C)CC[O]. The first-order valence-electron chi connectivity index (χ1n) is 2.48. The molecule has 0 rings (SSSR count). The molecule has 0 aliphatic carbocycles. The third-order valence-corrected chi connectivity index (χ3v) is 0.964. The summed E-state index contributed by atoms with van der Waals surface area (Å²) in [6.07, 6.45) is 0. The summed E-state index contributed by atoms with van der Waals surface area (Å²) in [5.41, 5.74) is 0. The van der Waals surface area contributed by atoms with Gasteiger partial charge >= 0.3 is 0 Å². The Morgan fingerprint density at radius 3 is 2.25 bits per heavy atom. The molecule has 0 spiro atoms. The highest BCUT2D eigenvalue weighted by Gasteiger charge is 1.97. The minimum Gasteiger partial charge on any atom is -0.344 e. The fourth-order valence-electron chi connectivity index (χ4n) is 0.294. The average Bonchev–Trinajstić information content (AvgIpc) is 1.67. The van der Waals surface area contributed by atoms with Crippen LogP contribution in [0.4, 0.5) is 0 Å². The van der Waals surface area contributed by atoms with Gasteiger partial charge in [0.25, 0.3) is 0 Å². The van der Waals surface area contributed by atoms with E-state index in [2.05, 4.69) is 0 Å². The van der Waals surface area contributed by atoms with E-state index in [1.807, 2.05) is 0 Å². The van der Waals surface area contributed by atoms with Crippen LogP contribution in [0.25, 0.3) is 0 Å². The lowest BCUT2D eigenvalue weighted by Gasteiger charge is -2.10. The summed E-state index contributed by atoms with van der Waals surface area (Å²) in [4.78, 5) is 11.7. The summed E-state index contributed by atoms with van der Waals surface area (Å²) in [5, 5.41) is 9.85. The Morgan fingerprint density at radius 1 is 1.62 bits per heavy atom. The predicted molar refractivity (Wildman–Crippen MR) is 28.9 cm³/mol. The Kier molecular flexibility index (Phi) is 3.19. The summed E-state index contributed by atoms with van der Waals surface area (Å²) in [7, 11) is 1.61. The number of amides is 1. The van der Waals surface area contributed by atoms with Gasteiger partial charge < -0.3 is 4.90 Å². The lowest BCUT2D eigenvalue weighted by molar-refractivity contribution is -0.128. The first kappa shape index (κ1) is 7.43. The molecule has 0 unspecified atom stereocenters. The Morgan fingerprint density at radius 2 is 2.12 bits per heavy atom. The largest absolute Gasteiger partial charge is 0.344 e. The molecule has 0 aliphatic rings. The zero-order chi connectivity index (χ0) is 6.57. The normalized spacial score (nSPS) is 8.88. The van der Waals surface area contributed by atoms with Crippen LogP contribution in [-0.4, -0.2) is 31.0 Å². The second kappa shape index (κ2) is 3.43. The predicted octanol–water partition coefficient (Wildman–Crippen LogP) is -0.105. The average molecular weight is 116 g/mol. The van der Waals surface area contributed by atoms with Crippen LogP contribution in [0, 0.1) is 0 Å². The molecule has 0 saturated carbocycles. The molecule has 0 saturated heterocycles. The summed E-state index contributed by atoms with van der Waals surface area (Å²) in [5.74, 6) is -0.0548. The van der Waals surface area contributed by atoms with Gasteiger partial charge in [-0.05, 0) is 0 Å². The van der Waals surface area contributed by atoms with Gasteiger partial charge in [0.15, 0.2) is 0 Å². The van der Waals surface area contributed by atoms with Crippen molar-refractivity contribution in [3.8, 4) is 0 Å². The van der Waals surface area contributed by atoms with E-state index in [4.69, 9.17) is 0 Å². The number of carbonyl (C=O) groups is 1. The fourth-order valence-corrected chi connectivity index (χ4v) is 0.294. The van der Waals surface area contributed by atoms with Crippen LogP contribution in [-0.2, 0) is 9.90 Å². The molecule has 0 heterocycles. The van der Waals surface area contributed by atoms with Crippen molar-refractivity contribution in [2.75, 3.05) is 20.2 Å². The summed E-state index contributed by atoms with van der Waals surface area (Å²) in [6, 6.07) is 0. The molecule has 0 aliphatic heterocycles. The van der Waals surface area contributed by atoms with E-state index >= 15 is 0 Å². The van der Waals surface area contributed by atoms with Crippen LogP contribution in [0.1, 0.15) is 6.92 Å². The van der Waals surface area contributed by atoms with Crippen molar-refractivity contribution in [1.82, 2.24) is 4.90 Å². The highest BCUT2D eigenvalue weighted by atomic mass is 16.3. The van der Waals surface area contributed by atoms with Crippen LogP contribution >= 0.6 is 0 Å². The summed E-state index contributed by atoms with van der Waals surface area (Å²) < 4.78 is 0. The van der Waals surface area contributed by atoms with Crippen LogP contribution in [0.2, 0.25) is 0 Å². The molecule has 3 nitrogen and oxygen atoms in total. The van der Waals surface area contributed by atoms with Crippen molar-refractivity contribution in [2.24, 2.45) is 0 Å². The first-order valence-corrected chi connectivity index (χ1v) is 2.48. The van der Waals surface area contributed by atoms with Gasteiger partial charge in [0.05, 0.1) is 6.61 Å². The van der Waals surface area contributed by atoms with E-state index in [1.165, 1.54) is 11.8 Å². The van der Waals surface area contributed by atoms with Gasteiger partial charge in [-0.3, -0.25) is 4.79 Å². The molecule has 0 aromatic heterocycles. The van der Waals surface area contributed by atoms with E-state index in [-0.39, 0.29) is 12.5 Å².